The maximum Gasteiger partial charge on any atom is 0.201 e. The molecule has 1 fully saturated rings. The van der Waals surface area contributed by atoms with Crippen LogP contribution in [0.4, 0.5) is 5.69 Å². The zero-order chi connectivity index (χ0) is 20.5. The van der Waals surface area contributed by atoms with Crippen LogP contribution in [0, 0.1) is 0 Å². The summed E-state index contributed by atoms with van der Waals surface area (Å²) in [5, 5.41) is 22.8. The molecule has 1 aromatic carbocycles. The van der Waals surface area contributed by atoms with Crippen LogP contribution in [-0.2, 0) is 9.47 Å². The number of aliphatic imine (C=N–C) groups is 1. The van der Waals surface area contributed by atoms with Crippen molar-refractivity contribution < 1.29 is 14.6 Å². The maximum absolute atomic E-state index is 11.3. The molecule has 2 aromatic heterocycles. The van der Waals surface area contributed by atoms with Crippen molar-refractivity contribution in [2.45, 2.75) is 31.8 Å². The Balaban J connectivity index is 1.59. The van der Waals surface area contributed by atoms with Crippen LogP contribution in [0.2, 0.25) is 0 Å². The minimum atomic E-state index is 0.0786. The van der Waals surface area contributed by atoms with Crippen LogP contribution < -0.4 is 5.32 Å². The normalized spacial score (nSPS) is 19.0. The molecule has 1 unspecified atom stereocenters. The largest absolute Gasteiger partial charge is 0.494 e. The van der Waals surface area contributed by atoms with Gasteiger partial charge in [-0.25, -0.2) is 0 Å². The number of benzene rings is 1. The van der Waals surface area contributed by atoms with Gasteiger partial charge in [0.1, 0.15) is 0 Å². The number of aromatic hydroxyl groups is 1. The van der Waals surface area contributed by atoms with Crippen molar-refractivity contribution in [2.75, 3.05) is 38.3 Å². The van der Waals surface area contributed by atoms with E-state index in [-0.39, 0.29) is 18.0 Å². The number of fused-ring (bicyclic) bond motifs is 1. The van der Waals surface area contributed by atoms with Crippen LogP contribution in [0.5, 0.6) is 5.88 Å². The average Bonchev–Trinajstić information content (AvgIpc) is 3.41. The van der Waals surface area contributed by atoms with Gasteiger partial charge < -0.3 is 24.5 Å². The summed E-state index contributed by atoms with van der Waals surface area (Å²) in [6.07, 6.45) is 3.52. The molecule has 0 spiro atoms. The Kier molecular flexibility index (Phi) is 5.18. The van der Waals surface area contributed by atoms with Gasteiger partial charge in [-0.3, -0.25) is 10.1 Å². The second-order valence-corrected chi connectivity index (χ2v) is 7.90. The molecule has 8 heteroatoms. The van der Waals surface area contributed by atoms with Crippen molar-refractivity contribution in [3.05, 3.63) is 41.7 Å². The average molecular weight is 409 g/mol. The van der Waals surface area contributed by atoms with E-state index in [1.54, 1.807) is 6.20 Å². The van der Waals surface area contributed by atoms with Crippen LogP contribution in [0.1, 0.15) is 43.1 Å². The van der Waals surface area contributed by atoms with E-state index in [9.17, 15) is 5.11 Å². The van der Waals surface area contributed by atoms with Gasteiger partial charge in [-0.1, -0.05) is 0 Å². The summed E-state index contributed by atoms with van der Waals surface area (Å²) in [6.45, 7) is 5.17. The third-order valence-corrected chi connectivity index (χ3v) is 5.97. The van der Waals surface area contributed by atoms with Crippen LogP contribution in [0.3, 0.4) is 0 Å². The number of anilines is 1. The molecular weight excluding hydrogens is 382 g/mol. The van der Waals surface area contributed by atoms with E-state index in [4.69, 9.17) is 9.47 Å². The van der Waals surface area contributed by atoms with Gasteiger partial charge in [0.25, 0.3) is 0 Å². The summed E-state index contributed by atoms with van der Waals surface area (Å²) >= 11 is 0. The molecule has 0 bridgehead atoms. The van der Waals surface area contributed by atoms with E-state index in [1.165, 1.54) is 0 Å². The standard InChI is InChI=1S/C22H27N5O3/c1-14(18-4-7-24-26-18)25-15-2-3-20-17(12-15)21(19-13-30-11-8-23-19)22(28)27(20)16-5-9-29-10-6-16/h2-4,7,12,14,16,25,28H,5-6,8-11,13H2,1H3,(H,24,26). The topological polar surface area (TPSA) is 96.7 Å². The highest BCUT2D eigenvalue weighted by Crippen LogP contribution is 2.39. The molecule has 30 heavy (non-hydrogen) atoms. The summed E-state index contributed by atoms with van der Waals surface area (Å²) in [5.74, 6) is 0.278. The van der Waals surface area contributed by atoms with Crippen molar-refractivity contribution >= 4 is 22.3 Å². The molecule has 2 aliphatic heterocycles. The number of nitrogens with one attached hydrogen (secondary N) is 2. The maximum atomic E-state index is 11.3. The molecule has 4 heterocycles. The number of rotatable bonds is 5. The van der Waals surface area contributed by atoms with Crippen molar-refractivity contribution in [2.24, 2.45) is 4.99 Å². The predicted octanol–water partition coefficient (Wildman–Crippen LogP) is 3.41. The van der Waals surface area contributed by atoms with E-state index in [2.05, 4.69) is 50.2 Å². The lowest BCUT2D eigenvalue weighted by Crippen LogP contribution is -2.20. The smallest absolute Gasteiger partial charge is 0.201 e. The number of ether oxygens (including phenoxy) is 2. The lowest BCUT2D eigenvalue weighted by Gasteiger charge is -2.25. The van der Waals surface area contributed by atoms with Crippen molar-refractivity contribution in [1.82, 2.24) is 14.8 Å². The fourth-order valence-electron chi connectivity index (χ4n) is 4.44. The number of H-pyrrole nitrogens is 1. The van der Waals surface area contributed by atoms with E-state index in [1.807, 2.05) is 6.07 Å². The zero-order valence-electron chi connectivity index (χ0n) is 17.1. The predicted molar refractivity (Wildman–Crippen MR) is 116 cm³/mol. The summed E-state index contributed by atoms with van der Waals surface area (Å²) in [6, 6.07) is 8.50. The van der Waals surface area contributed by atoms with Gasteiger partial charge in [-0.05, 0) is 44.0 Å². The summed E-state index contributed by atoms with van der Waals surface area (Å²) in [7, 11) is 0. The minimum Gasteiger partial charge on any atom is -0.494 e. The Morgan fingerprint density at radius 3 is 2.80 bits per heavy atom. The van der Waals surface area contributed by atoms with Crippen molar-refractivity contribution in [3.8, 4) is 5.88 Å². The Labute approximate surface area is 174 Å². The zero-order valence-corrected chi connectivity index (χ0v) is 17.1. The molecular formula is C22H27N5O3. The lowest BCUT2D eigenvalue weighted by molar-refractivity contribution is 0.0688. The fraction of sp³-hybridized carbons (Fsp3) is 0.455. The third kappa shape index (κ3) is 3.46. The number of aromatic amines is 1. The molecule has 8 nitrogen and oxygen atoms in total. The molecule has 2 aliphatic rings. The number of hydrogen-bond donors (Lipinski definition) is 3. The van der Waals surface area contributed by atoms with Gasteiger partial charge in [-0.15, -0.1) is 0 Å². The molecule has 0 saturated carbocycles. The molecule has 0 amide bonds. The van der Waals surface area contributed by atoms with Gasteiger partial charge in [-0.2, -0.15) is 5.10 Å². The van der Waals surface area contributed by atoms with E-state index >= 15 is 0 Å². The first kappa shape index (κ1) is 19.1. The number of hydrogen-bond acceptors (Lipinski definition) is 6. The van der Waals surface area contributed by atoms with Gasteiger partial charge >= 0.3 is 0 Å². The highest BCUT2D eigenvalue weighted by molar-refractivity contribution is 6.14. The molecule has 1 saturated heterocycles. The second-order valence-electron chi connectivity index (χ2n) is 7.90. The lowest BCUT2D eigenvalue weighted by atomic mass is 10.1. The molecule has 0 radical (unpaired) electrons. The van der Waals surface area contributed by atoms with Gasteiger partial charge in [0, 0.05) is 36.5 Å². The summed E-state index contributed by atoms with van der Waals surface area (Å²) < 4.78 is 13.2. The van der Waals surface area contributed by atoms with E-state index in [0.717, 1.165) is 46.4 Å². The van der Waals surface area contributed by atoms with Crippen LogP contribution >= 0.6 is 0 Å². The van der Waals surface area contributed by atoms with E-state index < -0.39 is 0 Å². The molecule has 3 N–H and O–H groups in total. The van der Waals surface area contributed by atoms with Crippen molar-refractivity contribution in [3.63, 3.8) is 0 Å². The highest BCUT2D eigenvalue weighted by Gasteiger charge is 2.27. The number of nitrogens with zero attached hydrogens (tertiary/aromatic N) is 3. The Morgan fingerprint density at radius 2 is 2.07 bits per heavy atom. The molecule has 1 atom stereocenters. The second kappa shape index (κ2) is 8.12. The van der Waals surface area contributed by atoms with E-state index in [0.29, 0.717) is 33.0 Å². The molecule has 3 aromatic rings. The van der Waals surface area contributed by atoms with Gasteiger partial charge in [0.2, 0.25) is 5.88 Å². The summed E-state index contributed by atoms with van der Waals surface area (Å²) in [5.41, 5.74) is 4.61. The first-order valence-electron chi connectivity index (χ1n) is 10.5. The summed E-state index contributed by atoms with van der Waals surface area (Å²) in [4.78, 5) is 4.66. The molecule has 5 rings (SSSR count). The van der Waals surface area contributed by atoms with Gasteiger partial charge in [0.05, 0.1) is 48.3 Å². The molecule has 0 aliphatic carbocycles. The van der Waals surface area contributed by atoms with Crippen LogP contribution in [0.15, 0.2) is 35.5 Å². The van der Waals surface area contributed by atoms with Crippen LogP contribution in [0.25, 0.3) is 10.9 Å². The first-order chi connectivity index (χ1) is 14.7. The highest BCUT2D eigenvalue weighted by atomic mass is 16.5. The molecule has 158 valence electrons. The Hall–Kier alpha value is -2.84. The fourth-order valence-corrected chi connectivity index (χ4v) is 4.44. The van der Waals surface area contributed by atoms with Crippen molar-refractivity contribution in [1.29, 1.82) is 0 Å². The minimum absolute atomic E-state index is 0.0786. The first-order valence-corrected chi connectivity index (χ1v) is 10.5. The monoisotopic (exact) mass is 409 g/mol. The third-order valence-electron chi connectivity index (χ3n) is 5.97. The number of aromatic nitrogens is 3. The Bertz CT molecular complexity index is 1050. The quantitative estimate of drug-likeness (QED) is 0.600. The van der Waals surface area contributed by atoms with Gasteiger partial charge in [0.15, 0.2) is 0 Å². The van der Waals surface area contributed by atoms with Crippen LogP contribution in [-0.4, -0.2) is 58.6 Å². The Morgan fingerprint density at radius 1 is 1.20 bits per heavy atom. The SMILES string of the molecule is CC(Nc1ccc2c(c1)c(C1=NCCOC1)c(O)n2C1CCOCC1)c1ccn[nH]1.